The molecular weight excluding hydrogens is 320 g/mol. The number of hydrogen-bond acceptors (Lipinski definition) is 3. The molecule has 0 aliphatic carbocycles. The van der Waals surface area contributed by atoms with E-state index in [1.807, 2.05) is 24.3 Å². The number of nitrogens with two attached hydrogens (primary N) is 1. The molecule has 0 spiro atoms. The quantitative estimate of drug-likeness (QED) is 0.669. The van der Waals surface area contributed by atoms with Crippen LogP contribution in [0, 0.1) is 0 Å². The van der Waals surface area contributed by atoms with Gasteiger partial charge in [0.2, 0.25) is 0 Å². The number of nitrogens with zero attached hydrogens (tertiary/aromatic N) is 1. The van der Waals surface area contributed by atoms with Gasteiger partial charge in [0.25, 0.3) is 5.91 Å². The molecule has 0 unspecified atom stereocenters. The Hall–Kier alpha value is -2.01. The molecule has 0 aromatic heterocycles. The van der Waals surface area contributed by atoms with Crippen molar-refractivity contribution >= 4 is 27.5 Å². The largest absolute Gasteiger partial charge is 0.508 e. The third-order valence-corrected chi connectivity index (χ3v) is 3.75. The van der Waals surface area contributed by atoms with Crippen LogP contribution in [0.3, 0.4) is 0 Å². The molecule has 4 nitrogen and oxygen atoms in total. The van der Waals surface area contributed by atoms with E-state index in [0.717, 1.165) is 10.0 Å². The fourth-order valence-electron chi connectivity index (χ4n) is 1.89. The first-order valence-electron chi connectivity index (χ1n) is 6.06. The second-order valence-corrected chi connectivity index (χ2v) is 5.38. The molecule has 3 N–H and O–H groups in total. The highest BCUT2D eigenvalue weighted by molar-refractivity contribution is 9.10. The Balaban J connectivity index is 2.21. The van der Waals surface area contributed by atoms with Gasteiger partial charge < -0.3 is 15.7 Å². The van der Waals surface area contributed by atoms with Crippen molar-refractivity contribution in [3.8, 4) is 5.75 Å². The highest BCUT2D eigenvalue weighted by atomic mass is 79.9. The van der Waals surface area contributed by atoms with E-state index in [1.54, 1.807) is 11.9 Å². The van der Waals surface area contributed by atoms with Gasteiger partial charge in [-0.1, -0.05) is 34.1 Å². The van der Waals surface area contributed by atoms with E-state index in [1.165, 1.54) is 18.2 Å². The molecule has 2 rings (SSSR count). The van der Waals surface area contributed by atoms with Crippen LogP contribution in [0.25, 0.3) is 0 Å². The van der Waals surface area contributed by atoms with Crippen LogP contribution in [-0.2, 0) is 6.54 Å². The lowest BCUT2D eigenvalue weighted by atomic mass is 10.1. The van der Waals surface area contributed by atoms with Crippen molar-refractivity contribution in [1.82, 2.24) is 4.90 Å². The fourth-order valence-corrected chi connectivity index (χ4v) is 2.30. The maximum atomic E-state index is 12.4. The first kappa shape index (κ1) is 14.4. The molecule has 104 valence electrons. The Morgan fingerprint density at radius 1 is 1.30 bits per heavy atom. The van der Waals surface area contributed by atoms with Crippen LogP contribution in [0.2, 0.25) is 0 Å². The van der Waals surface area contributed by atoms with Crippen molar-refractivity contribution in [2.75, 3.05) is 12.8 Å². The van der Waals surface area contributed by atoms with E-state index in [2.05, 4.69) is 15.9 Å². The summed E-state index contributed by atoms with van der Waals surface area (Å²) in [6.07, 6.45) is 0. The molecule has 0 radical (unpaired) electrons. The molecule has 2 aromatic carbocycles. The lowest BCUT2D eigenvalue weighted by Gasteiger charge is -2.19. The number of anilines is 1. The van der Waals surface area contributed by atoms with Gasteiger partial charge in [0, 0.05) is 23.8 Å². The van der Waals surface area contributed by atoms with Gasteiger partial charge >= 0.3 is 0 Å². The van der Waals surface area contributed by atoms with Gasteiger partial charge in [0.15, 0.2) is 0 Å². The molecule has 0 aliphatic heterocycles. The zero-order chi connectivity index (χ0) is 14.7. The Kier molecular flexibility index (Phi) is 4.29. The highest BCUT2D eigenvalue weighted by Crippen LogP contribution is 2.22. The maximum absolute atomic E-state index is 12.4. The number of rotatable bonds is 3. The summed E-state index contributed by atoms with van der Waals surface area (Å²) >= 11 is 3.45. The highest BCUT2D eigenvalue weighted by Gasteiger charge is 2.16. The van der Waals surface area contributed by atoms with Crippen molar-refractivity contribution in [2.24, 2.45) is 0 Å². The fraction of sp³-hybridized carbons (Fsp3) is 0.133. The van der Waals surface area contributed by atoms with Gasteiger partial charge in [-0.15, -0.1) is 0 Å². The number of aromatic hydroxyl groups is 1. The lowest BCUT2D eigenvalue weighted by Crippen LogP contribution is -2.27. The molecule has 2 aromatic rings. The first-order chi connectivity index (χ1) is 9.49. The number of carbonyl (C=O) groups is 1. The molecule has 0 atom stereocenters. The van der Waals surface area contributed by atoms with Gasteiger partial charge in [0.1, 0.15) is 5.75 Å². The number of phenols is 1. The molecule has 0 bridgehead atoms. The summed E-state index contributed by atoms with van der Waals surface area (Å²) in [6, 6.07) is 12.1. The molecule has 0 heterocycles. The third-order valence-electron chi connectivity index (χ3n) is 2.98. The van der Waals surface area contributed by atoms with E-state index in [-0.39, 0.29) is 11.7 Å². The number of benzene rings is 2. The Bertz CT molecular complexity index is 644. The van der Waals surface area contributed by atoms with Crippen LogP contribution < -0.4 is 5.73 Å². The zero-order valence-corrected chi connectivity index (χ0v) is 12.6. The van der Waals surface area contributed by atoms with E-state index in [9.17, 15) is 9.90 Å². The number of carbonyl (C=O) groups excluding carboxylic acids is 1. The minimum Gasteiger partial charge on any atom is -0.508 e. The van der Waals surface area contributed by atoms with E-state index < -0.39 is 0 Å². The topological polar surface area (TPSA) is 66.6 Å². The van der Waals surface area contributed by atoms with E-state index in [4.69, 9.17) is 5.73 Å². The molecule has 1 amide bonds. The number of hydrogen-bond donors (Lipinski definition) is 2. The normalized spacial score (nSPS) is 10.3. The Morgan fingerprint density at radius 2 is 2.00 bits per heavy atom. The average molecular weight is 335 g/mol. The minimum atomic E-state index is -0.228. The third kappa shape index (κ3) is 3.11. The summed E-state index contributed by atoms with van der Waals surface area (Å²) in [5.74, 6) is -0.203. The van der Waals surface area contributed by atoms with Gasteiger partial charge in [0.05, 0.1) is 5.56 Å². The zero-order valence-electron chi connectivity index (χ0n) is 11.0. The first-order valence-corrected chi connectivity index (χ1v) is 6.85. The van der Waals surface area contributed by atoms with E-state index in [0.29, 0.717) is 17.8 Å². The summed E-state index contributed by atoms with van der Waals surface area (Å²) in [7, 11) is 1.70. The van der Waals surface area contributed by atoms with Crippen molar-refractivity contribution in [3.05, 3.63) is 58.1 Å². The molecule has 20 heavy (non-hydrogen) atoms. The smallest absolute Gasteiger partial charge is 0.256 e. The molecular formula is C15H15BrN2O2. The lowest BCUT2D eigenvalue weighted by molar-refractivity contribution is 0.0785. The van der Waals surface area contributed by atoms with Crippen molar-refractivity contribution in [2.45, 2.75) is 6.54 Å². The SMILES string of the molecule is CN(Cc1ccccc1Br)C(=O)c1cc(O)ccc1N. The van der Waals surface area contributed by atoms with Crippen molar-refractivity contribution in [1.29, 1.82) is 0 Å². The van der Waals surface area contributed by atoms with Crippen LogP contribution >= 0.6 is 15.9 Å². The van der Waals surface area contributed by atoms with Gasteiger partial charge in [-0.3, -0.25) is 4.79 Å². The predicted octanol–water partition coefficient (Wildman–Crippen LogP) is 3.01. The molecule has 0 fully saturated rings. The number of halogens is 1. The second-order valence-electron chi connectivity index (χ2n) is 4.52. The van der Waals surface area contributed by atoms with Crippen LogP contribution in [0.15, 0.2) is 46.9 Å². The summed E-state index contributed by atoms with van der Waals surface area (Å²) in [5.41, 5.74) is 7.44. The van der Waals surface area contributed by atoms with Crippen molar-refractivity contribution < 1.29 is 9.90 Å². The van der Waals surface area contributed by atoms with Gasteiger partial charge in [-0.05, 0) is 29.8 Å². The van der Waals surface area contributed by atoms with Crippen LogP contribution in [0.4, 0.5) is 5.69 Å². The van der Waals surface area contributed by atoms with Crippen LogP contribution in [-0.4, -0.2) is 23.0 Å². The Labute approximate surface area is 126 Å². The van der Waals surface area contributed by atoms with Gasteiger partial charge in [-0.25, -0.2) is 0 Å². The maximum Gasteiger partial charge on any atom is 0.256 e. The van der Waals surface area contributed by atoms with Crippen LogP contribution in [0.5, 0.6) is 5.75 Å². The van der Waals surface area contributed by atoms with E-state index >= 15 is 0 Å². The molecule has 0 saturated carbocycles. The standard InChI is InChI=1S/C15H15BrN2O2/c1-18(9-10-4-2-3-5-13(10)16)15(20)12-8-11(19)6-7-14(12)17/h2-8,19H,9,17H2,1H3. The predicted molar refractivity (Wildman–Crippen MR) is 82.5 cm³/mol. The summed E-state index contributed by atoms with van der Waals surface area (Å²) in [6.45, 7) is 0.454. The second kappa shape index (κ2) is 5.96. The van der Waals surface area contributed by atoms with Gasteiger partial charge in [-0.2, -0.15) is 0 Å². The van der Waals surface area contributed by atoms with Crippen molar-refractivity contribution in [3.63, 3.8) is 0 Å². The Morgan fingerprint density at radius 3 is 2.70 bits per heavy atom. The summed E-state index contributed by atoms with van der Waals surface area (Å²) in [5, 5.41) is 9.47. The monoisotopic (exact) mass is 334 g/mol. The summed E-state index contributed by atoms with van der Waals surface area (Å²) < 4.78 is 0.948. The van der Waals surface area contributed by atoms with Crippen LogP contribution in [0.1, 0.15) is 15.9 Å². The number of phenolic OH excluding ortho intramolecular Hbond substituents is 1. The molecule has 0 saturated heterocycles. The molecule has 0 aliphatic rings. The summed E-state index contributed by atoms with van der Waals surface area (Å²) in [4.78, 5) is 13.9. The minimum absolute atomic E-state index is 0.0249. The molecule has 5 heteroatoms. The average Bonchev–Trinajstić information content (AvgIpc) is 2.43. The number of nitrogen functional groups attached to an aromatic ring is 1. The number of amides is 1.